The second kappa shape index (κ2) is 7.09. The maximum absolute atomic E-state index is 12.5. The molecule has 1 aromatic carbocycles. The number of amides is 1. The van der Waals surface area contributed by atoms with Crippen LogP contribution in [0.1, 0.15) is 21.7 Å². The van der Waals surface area contributed by atoms with Crippen molar-refractivity contribution in [3.8, 4) is 0 Å². The molecule has 0 atom stereocenters. The van der Waals surface area contributed by atoms with Crippen LogP contribution in [0.5, 0.6) is 0 Å². The summed E-state index contributed by atoms with van der Waals surface area (Å²) < 4.78 is 0. The van der Waals surface area contributed by atoms with Crippen LogP contribution in [0.3, 0.4) is 0 Å². The first-order chi connectivity index (χ1) is 12.1. The van der Waals surface area contributed by atoms with Gasteiger partial charge in [0.1, 0.15) is 0 Å². The second-order valence-corrected chi connectivity index (χ2v) is 5.67. The zero-order chi connectivity index (χ0) is 19.6. The molecule has 1 N–H and O–H groups in total. The van der Waals surface area contributed by atoms with E-state index in [0.717, 1.165) is 18.2 Å². The largest absolute Gasteiger partial charge is 0.347 e. The fourth-order valence-corrected chi connectivity index (χ4v) is 2.20. The summed E-state index contributed by atoms with van der Waals surface area (Å²) in [4.78, 5) is 43.0. The van der Waals surface area contributed by atoms with E-state index in [9.17, 15) is 25.0 Å². The third-order valence-electron chi connectivity index (χ3n) is 3.48. The number of carbonyl (C=O) groups excluding carboxylic acids is 1. The van der Waals surface area contributed by atoms with Crippen molar-refractivity contribution < 1.29 is 14.6 Å². The van der Waals surface area contributed by atoms with E-state index in [2.05, 4.69) is 15.3 Å². The highest BCUT2D eigenvalue weighted by molar-refractivity contribution is 6.05. The molecule has 0 spiro atoms. The van der Waals surface area contributed by atoms with Crippen molar-refractivity contribution in [3.63, 3.8) is 0 Å². The summed E-state index contributed by atoms with van der Waals surface area (Å²) in [6, 6.07) is 2.74. The van der Waals surface area contributed by atoms with Crippen molar-refractivity contribution >= 4 is 28.9 Å². The molecule has 0 aliphatic carbocycles. The van der Waals surface area contributed by atoms with Gasteiger partial charge in [-0.1, -0.05) is 0 Å². The van der Waals surface area contributed by atoms with E-state index in [4.69, 9.17) is 0 Å². The lowest BCUT2D eigenvalue weighted by atomic mass is 10.1. The van der Waals surface area contributed by atoms with Gasteiger partial charge in [-0.15, -0.1) is 0 Å². The molecule has 26 heavy (non-hydrogen) atoms. The second-order valence-electron chi connectivity index (χ2n) is 5.67. The van der Waals surface area contributed by atoms with E-state index in [-0.39, 0.29) is 5.56 Å². The summed E-state index contributed by atoms with van der Waals surface area (Å²) in [5, 5.41) is 24.5. The Bertz CT molecular complexity index is 856. The van der Waals surface area contributed by atoms with E-state index in [1.165, 1.54) is 0 Å². The number of aryl methyl sites for hydroxylation is 2. The first kappa shape index (κ1) is 18.7. The van der Waals surface area contributed by atoms with Crippen molar-refractivity contribution in [2.45, 2.75) is 13.8 Å². The number of nitro benzene ring substituents is 2. The fourth-order valence-electron chi connectivity index (χ4n) is 2.20. The van der Waals surface area contributed by atoms with Gasteiger partial charge in [-0.05, 0) is 13.8 Å². The van der Waals surface area contributed by atoms with E-state index in [1.54, 1.807) is 32.8 Å². The predicted molar refractivity (Wildman–Crippen MR) is 93.5 cm³/mol. The number of nitro groups is 2. The van der Waals surface area contributed by atoms with Crippen molar-refractivity contribution in [3.05, 3.63) is 55.4 Å². The molecule has 0 fully saturated rings. The minimum Gasteiger partial charge on any atom is -0.347 e. The molecule has 11 heteroatoms. The van der Waals surface area contributed by atoms with Gasteiger partial charge in [0.2, 0.25) is 5.95 Å². The van der Waals surface area contributed by atoms with Gasteiger partial charge in [0.05, 0.1) is 38.6 Å². The molecule has 136 valence electrons. The molecule has 0 saturated heterocycles. The fraction of sp³-hybridized carbons (Fsp3) is 0.267. The van der Waals surface area contributed by atoms with Gasteiger partial charge in [0, 0.05) is 26.2 Å². The van der Waals surface area contributed by atoms with Crippen LogP contribution < -0.4 is 10.2 Å². The Labute approximate surface area is 148 Å². The molecule has 11 nitrogen and oxygen atoms in total. The molecule has 1 aromatic heterocycles. The molecule has 0 aliphatic heterocycles. The molecule has 0 unspecified atom stereocenters. The zero-order valence-corrected chi connectivity index (χ0v) is 14.5. The van der Waals surface area contributed by atoms with E-state index < -0.39 is 27.1 Å². The van der Waals surface area contributed by atoms with Crippen molar-refractivity contribution in [2.24, 2.45) is 0 Å². The number of aromatic nitrogens is 2. The number of nitrogens with one attached hydrogen (secondary N) is 1. The number of benzene rings is 1. The smallest absolute Gasteiger partial charge is 0.277 e. The van der Waals surface area contributed by atoms with Crippen molar-refractivity contribution in [1.82, 2.24) is 9.97 Å². The highest BCUT2D eigenvalue weighted by Crippen LogP contribution is 2.25. The van der Waals surface area contributed by atoms with Crippen LogP contribution in [0.25, 0.3) is 0 Å². The standard InChI is InChI=1S/C15H16N6O5/c1-8-13(9(2)17-15(16-8)19(3)4)18-14(22)10-5-11(20(23)24)7-12(6-10)21(25)26/h5-7H,1-4H3,(H,18,22). The summed E-state index contributed by atoms with van der Waals surface area (Å²) in [6.07, 6.45) is 0. The maximum Gasteiger partial charge on any atom is 0.277 e. The van der Waals surface area contributed by atoms with Crippen LogP contribution in [0.4, 0.5) is 23.0 Å². The van der Waals surface area contributed by atoms with Crippen LogP contribution in [0, 0.1) is 34.1 Å². The number of nitrogens with zero attached hydrogens (tertiary/aromatic N) is 5. The summed E-state index contributed by atoms with van der Waals surface area (Å²) in [7, 11) is 3.55. The van der Waals surface area contributed by atoms with E-state index in [1.807, 2.05) is 0 Å². The summed E-state index contributed by atoms with van der Waals surface area (Å²) >= 11 is 0. The van der Waals surface area contributed by atoms with E-state index in [0.29, 0.717) is 23.0 Å². The van der Waals surface area contributed by atoms with Crippen LogP contribution >= 0.6 is 0 Å². The van der Waals surface area contributed by atoms with Gasteiger partial charge in [-0.3, -0.25) is 25.0 Å². The normalized spacial score (nSPS) is 10.3. The zero-order valence-electron chi connectivity index (χ0n) is 14.5. The lowest BCUT2D eigenvalue weighted by Gasteiger charge is -2.15. The van der Waals surface area contributed by atoms with Gasteiger partial charge in [0.25, 0.3) is 17.3 Å². The van der Waals surface area contributed by atoms with Gasteiger partial charge >= 0.3 is 0 Å². The Balaban J connectivity index is 2.42. The Morgan fingerprint density at radius 3 is 1.85 bits per heavy atom. The SMILES string of the molecule is Cc1nc(N(C)C)nc(C)c1NC(=O)c1cc([N+](=O)[O-])cc([N+](=O)[O-])c1. The molecule has 1 amide bonds. The average Bonchev–Trinajstić information content (AvgIpc) is 2.56. The first-order valence-electron chi connectivity index (χ1n) is 7.38. The monoisotopic (exact) mass is 360 g/mol. The number of non-ortho nitro benzene ring substituents is 2. The molecule has 0 saturated carbocycles. The predicted octanol–water partition coefficient (Wildman–Crippen LogP) is 2.23. The molecule has 2 aromatic rings. The highest BCUT2D eigenvalue weighted by atomic mass is 16.6. The van der Waals surface area contributed by atoms with Crippen LogP contribution in [-0.2, 0) is 0 Å². The summed E-state index contributed by atoms with van der Waals surface area (Å²) in [6.45, 7) is 3.35. The molecular formula is C15H16N6O5. The van der Waals surface area contributed by atoms with Crippen molar-refractivity contribution in [2.75, 3.05) is 24.3 Å². The van der Waals surface area contributed by atoms with E-state index >= 15 is 0 Å². The third kappa shape index (κ3) is 3.88. The molecule has 2 rings (SSSR count). The summed E-state index contributed by atoms with van der Waals surface area (Å²) in [5.74, 6) is -0.270. The van der Waals surface area contributed by atoms with Gasteiger partial charge in [-0.2, -0.15) is 0 Å². The summed E-state index contributed by atoms with van der Waals surface area (Å²) in [5.41, 5.74) is 0.0362. The van der Waals surface area contributed by atoms with Gasteiger partial charge < -0.3 is 10.2 Å². The Morgan fingerprint density at radius 1 is 1.00 bits per heavy atom. The highest BCUT2D eigenvalue weighted by Gasteiger charge is 2.21. The lowest BCUT2D eigenvalue weighted by molar-refractivity contribution is -0.394. The van der Waals surface area contributed by atoms with Crippen molar-refractivity contribution in [1.29, 1.82) is 0 Å². The quantitative estimate of drug-likeness (QED) is 0.631. The lowest BCUT2D eigenvalue weighted by Crippen LogP contribution is -2.18. The molecule has 0 radical (unpaired) electrons. The molecule has 0 bridgehead atoms. The Kier molecular flexibility index (Phi) is 5.10. The Morgan fingerprint density at radius 2 is 1.46 bits per heavy atom. The third-order valence-corrected chi connectivity index (χ3v) is 3.48. The first-order valence-corrected chi connectivity index (χ1v) is 7.38. The topological polar surface area (TPSA) is 144 Å². The van der Waals surface area contributed by atoms with Crippen LogP contribution in [0.2, 0.25) is 0 Å². The molecule has 1 heterocycles. The number of rotatable bonds is 5. The minimum atomic E-state index is -0.796. The maximum atomic E-state index is 12.5. The minimum absolute atomic E-state index is 0.207. The Hall–Kier alpha value is -3.63. The van der Waals surface area contributed by atoms with Crippen LogP contribution in [0.15, 0.2) is 18.2 Å². The van der Waals surface area contributed by atoms with Gasteiger partial charge in [0.15, 0.2) is 0 Å². The number of carbonyl (C=O) groups is 1. The average molecular weight is 360 g/mol. The number of hydrogen-bond acceptors (Lipinski definition) is 8. The van der Waals surface area contributed by atoms with Crippen LogP contribution in [-0.4, -0.2) is 39.8 Å². The molecular weight excluding hydrogens is 344 g/mol. The number of anilines is 2. The number of hydrogen-bond donors (Lipinski definition) is 1. The van der Waals surface area contributed by atoms with Gasteiger partial charge in [-0.25, -0.2) is 9.97 Å². The molecule has 0 aliphatic rings.